The first-order chi connectivity index (χ1) is 25.4. The van der Waals surface area contributed by atoms with Gasteiger partial charge in [-0.1, -0.05) is 129 Å². The van der Waals surface area contributed by atoms with Crippen LogP contribution in [0.5, 0.6) is 5.75 Å². The summed E-state index contributed by atoms with van der Waals surface area (Å²) in [6.45, 7) is 12.6. The molecule has 262 valence electrons. The molecular weight excluding hydrogens is 635 g/mol. The Balaban J connectivity index is 1.44. The van der Waals surface area contributed by atoms with Gasteiger partial charge in [-0.2, -0.15) is 0 Å². The van der Waals surface area contributed by atoms with Crippen LogP contribution in [-0.2, 0) is 15.6 Å². The van der Waals surface area contributed by atoms with Gasteiger partial charge in [-0.3, -0.25) is 0 Å². The molecule has 6 aromatic rings. The van der Waals surface area contributed by atoms with E-state index in [2.05, 4.69) is 166 Å². The van der Waals surface area contributed by atoms with Gasteiger partial charge >= 0.3 is 0 Å². The molecule has 0 aromatic heterocycles. The molecule has 2 aliphatic rings. The lowest BCUT2D eigenvalue weighted by molar-refractivity contribution is 0.122. The number of aryl methyl sites for hydroxylation is 1. The van der Waals surface area contributed by atoms with Crippen molar-refractivity contribution in [3.63, 3.8) is 0 Å². The van der Waals surface area contributed by atoms with Gasteiger partial charge in [-0.15, -0.1) is 0 Å². The van der Waals surface area contributed by atoms with Gasteiger partial charge in [-0.05, 0) is 111 Å². The van der Waals surface area contributed by atoms with Crippen LogP contribution in [0.3, 0.4) is 0 Å². The zero-order valence-electron chi connectivity index (χ0n) is 31.2. The third-order valence-corrected chi connectivity index (χ3v) is 12.2. The van der Waals surface area contributed by atoms with Crippen molar-refractivity contribution in [2.24, 2.45) is 0 Å². The second kappa shape index (κ2) is 13.8. The summed E-state index contributed by atoms with van der Waals surface area (Å²) in [7, 11) is 1.80. The topological polar surface area (TPSA) is 21.7 Å². The number of ether oxygens (including phenoxy) is 2. The van der Waals surface area contributed by atoms with Crippen molar-refractivity contribution in [2.45, 2.75) is 51.4 Å². The maximum atomic E-state index is 6.17. The minimum absolute atomic E-state index is 0.150. The molecule has 0 amide bonds. The number of morpholine rings is 1. The van der Waals surface area contributed by atoms with Gasteiger partial charge in [0.2, 0.25) is 0 Å². The van der Waals surface area contributed by atoms with Gasteiger partial charge in [0.05, 0.1) is 26.0 Å². The van der Waals surface area contributed by atoms with Crippen LogP contribution < -0.4 is 9.64 Å². The maximum Gasteiger partial charge on any atom is 0.142 e. The number of fused-ring (bicyclic) bond motifs is 5. The van der Waals surface area contributed by atoms with Gasteiger partial charge in [0.15, 0.2) is 0 Å². The molecule has 0 unspecified atom stereocenters. The van der Waals surface area contributed by atoms with E-state index in [0.717, 1.165) is 50.6 Å². The van der Waals surface area contributed by atoms with Gasteiger partial charge in [0, 0.05) is 23.9 Å². The van der Waals surface area contributed by atoms with Gasteiger partial charge in [0.25, 0.3) is 0 Å². The first kappa shape index (κ1) is 34.0. The fourth-order valence-electron chi connectivity index (χ4n) is 9.15. The largest absolute Gasteiger partial charge is 0.495 e. The van der Waals surface area contributed by atoms with Gasteiger partial charge in [0.1, 0.15) is 5.75 Å². The Labute approximate surface area is 309 Å². The van der Waals surface area contributed by atoms with Crippen molar-refractivity contribution in [3.8, 4) is 28.0 Å². The number of anilines is 1. The minimum Gasteiger partial charge on any atom is -0.495 e. The SMILES string of the molecule is CCC1(CC)c2cc(-c3ccccc3)ccc2-c2c1c(/C=C\C(C)(c1ccccc1)c1ccccc1)c(C)c1cc(OC)c(N3CCOCC3)cc21. The second-order valence-electron chi connectivity index (χ2n) is 14.6. The first-order valence-electron chi connectivity index (χ1n) is 19.0. The molecule has 0 N–H and O–H groups in total. The first-order valence-corrected chi connectivity index (χ1v) is 19.0. The van der Waals surface area contributed by atoms with Crippen LogP contribution in [0.25, 0.3) is 39.1 Å². The number of hydrogen-bond donors (Lipinski definition) is 0. The Morgan fingerprint density at radius 2 is 1.37 bits per heavy atom. The lowest BCUT2D eigenvalue weighted by Gasteiger charge is -2.34. The van der Waals surface area contributed by atoms with E-state index in [9.17, 15) is 0 Å². The van der Waals surface area contributed by atoms with Crippen LogP contribution in [0.15, 0.2) is 127 Å². The summed E-state index contributed by atoms with van der Waals surface area (Å²) >= 11 is 0. The second-order valence-corrected chi connectivity index (χ2v) is 14.6. The Hall–Kier alpha value is -5.12. The number of rotatable bonds is 9. The highest BCUT2D eigenvalue weighted by Crippen LogP contribution is 2.58. The zero-order valence-corrected chi connectivity index (χ0v) is 31.2. The number of nitrogens with zero attached hydrogens (tertiary/aromatic N) is 1. The van der Waals surface area contributed by atoms with E-state index < -0.39 is 0 Å². The smallest absolute Gasteiger partial charge is 0.142 e. The van der Waals surface area contributed by atoms with Crippen molar-refractivity contribution in [2.75, 3.05) is 38.3 Å². The van der Waals surface area contributed by atoms with E-state index in [0.29, 0.717) is 0 Å². The molecule has 1 aliphatic heterocycles. The van der Waals surface area contributed by atoms with E-state index in [1.54, 1.807) is 7.11 Å². The number of methoxy groups -OCH3 is 1. The molecule has 0 spiro atoms. The van der Waals surface area contributed by atoms with E-state index in [-0.39, 0.29) is 10.8 Å². The van der Waals surface area contributed by atoms with E-state index in [1.807, 2.05) is 0 Å². The molecule has 52 heavy (non-hydrogen) atoms. The Bertz CT molecular complexity index is 2210. The summed E-state index contributed by atoms with van der Waals surface area (Å²) in [4.78, 5) is 2.43. The van der Waals surface area contributed by atoms with Crippen LogP contribution in [0.1, 0.15) is 67.0 Å². The predicted molar refractivity (Wildman–Crippen MR) is 219 cm³/mol. The standard InChI is InChI=1S/C49H49NO2/c1-6-49(7-2)43-31-36(35-17-11-8-12-18-35)23-24-40(43)46-42-32-44(50-27-29-52-30-28-50)45(51-5)33-41(42)34(3)39(47(46)49)25-26-48(4,37-19-13-9-14-20-37)38-21-15-10-16-22-38/h8-26,31-33H,6-7,27-30H2,1-5H3/b26-25-. The molecule has 0 radical (unpaired) electrons. The molecule has 6 aromatic carbocycles. The van der Waals surface area contributed by atoms with Crippen LogP contribution in [0.2, 0.25) is 0 Å². The van der Waals surface area contributed by atoms with E-state index >= 15 is 0 Å². The molecule has 0 atom stereocenters. The minimum atomic E-state index is -0.332. The molecule has 1 aliphatic carbocycles. The average molecular weight is 684 g/mol. The third-order valence-electron chi connectivity index (χ3n) is 12.2. The summed E-state index contributed by atoms with van der Waals surface area (Å²) in [6, 6.07) is 44.7. The highest BCUT2D eigenvalue weighted by molar-refractivity contribution is 6.09. The zero-order chi connectivity index (χ0) is 35.9. The highest BCUT2D eigenvalue weighted by atomic mass is 16.5. The maximum absolute atomic E-state index is 6.17. The predicted octanol–water partition coefficient (Wildman–Crippen LogP) is 11.8. The van der Waals surface area contributed by atoms with Crippen LogP contribution in [0.4, 0.5) is 5.69 Å². The van der Waals surface area contributed by atoms with Crippen LogP contribution in [0, 0.1) is 6.92 Å². The molecule has 3 nitrogen and oxygen atoms in total. The van der Waals surface area contributed by atoms with Crippen LogP contribution >= 0.6 is 0 Å². The third kappa shape index (κ3) is 5.45. The summed E-state index contributed by atoms with van der Waals surface area (Å²) in [5, 5.41) is 2.55. The van der Waals surface area contributed by atoms with Crippen molar-refractivity contribution in [1.82, 2.24) is 0 Å². The molecule has 1 fully saturated rings. The molecule has 3 heteroatoms. The van der Waals surface area contributed by atoms with Gasteiger partial charge < -0.3 is 14.4 Å². The number of hydrogen-bond acceptors (Lipinski definition) is 3. The lowest BCUT2D eigenvalue weighted by atomic mass is 9.70. The Morgan fingerprint density at radius 1 is 0.750 bits per heavy atom. The van der Waals surface area contributed by atoms with Crippen molar-refractivity contribution >= 4 is 22.5 Å². The highest BCUT2D eigenvalue weighted by Gasteiger charge is 2.44. The quantitative estimate of drug-likeness (QED) is 0.151. The average Bonchev–Trinajstić information content (AvgIpc) is 3.51. The normalized spacial score (nSPS) is 15.2. The molecule has 1 saturated heterocycles. The fourth-order valence-corrected chi connectivity index (χ4v) is 9.15. The molecule has 0 bridgehead atoms. The summed E-state index contributed by atoms with van der Waals surface area (Å²) in [5.41, 5.74) is 14.0. The van der Waals surface area contributed by atoms with E-state index in [4.69, 9.17) is 9.47 Å². The van der Waals surface area contributed by atoms with Crippen molar-refractivity contribution in [1.29, 1.82) is 0 Å². The monoisotopic (exact) mass is 683 g/mol. The molecule has 8 rings (SSSR count). The van der Waals surface area contributed by atoms with E-state index in [1.165, 1.54) is 66.4 Å². The van der Waals surface area contributed by atoms with Gasteiger partial charge in [-0.25, -0.2) is 0 Å². The Morgan fingerprint density at radius 3 is 1.96 bits per heavy atom. The van der Waals surface area contributed by atoms with Crippen molar-refractivity contribution in [3.05, 3.63) is 161 Å². The Kier molecular flexibility index (Phi) is 9.01. The summed E-state index contributed by atoms with van der Waals surface area (Å²) in [6.07, 6.45) is 6.93. The number of benzene rings is 6. The molecular formula is C49H49NO2. The van der Waals surface area contributed by atoms with Crippen molar-refractivity contribution < 1.29 is 9.47 Å². The fraction of sp³-hybridized carbons (Fsp3) is 0.265. The molecule has 0 saturated carbocycles. The lowest BCUT2D eigenvalue weighted by Crippen LogP contribution is -2.36. The molecule has 1 heterocycles. The summed E-state index contributed by atoms with van der Waals surface area (Å²) in [5.74, 6) is 0.917. The number of allylic oxidation sites excluding steroid dienone is 1. The van der Waals surface area contributed by atoms with Crippen LogP contribution in [-0.4, -0.2) is 33.4 Å². The summed E-state index contributed by atoms with van der Waals surface area (Å²) < 4.78 is 11.9.